The lowest BCUT2D eigenvalue weighted by Crippen LogP contribution is -2.04. The average Bonchev–Trinajstić information content (AvgIpc) is 2.77. The molecule has 4 rings (SSSR count). The summed E-state index contributed by atoms with van der Waals surface area (Å²) in [6.07, 6.45) is 1.04. The molecule has 0 unspecified atom stereocenters. The summed E-state index contributed by atoms with van der Waals surface area (Å²) in [4.78, 5) is 0. The first kappa shape index (κ1) is 19.4. The maximum absolute atomic E-state index is 6.25. The number of nitrogens with one attached hydrogen (secondary N) is 1. The van der Waals surface area contributed by atoms with E-state index in [2.05, 4.69) is 79.0 Å². The summed E-state index contributed by atoms with van der Waals surface area (Å²) in [7, 11) is 0. The first-order chi connectivity index (χ1) is 14.2. The van der Waals surface area contributed by atoms with E-state index in [0.29, 0.717) is 18.2 Å². The topological polar surface area (TPSA) is 21.3 Å². The summed E-state index contributed by atoms with van der Waals surface area (Å²) >= 11 is 6.25. The highest BCUT2D eigenvalue weighted by atomic mass is 35.5. The summed E-state index contributed by atoms with van der Waals surface area (Å²) in [5.41, 5.74) is 4.63. The Morgan fingerprint density at radius 1 is 0.828 bits per heavy atom. The quantitative estimate of drug-likeness (QED) is 0.352. The minimum absolute atomic E-state index is 0.515. The van der Waals surface area contributed by atoms with Crippen molar-refractivity contribution in [2.24, 2.45) is 0 Å². The van der Waals surface area contributed by atoms with Crippen LogP contribution in [0.2, 0.25) is 5.02 Å². The predicted molar refractivity (Wildman–Crippen MR) is 123 cm³/mol. The fourth-order valence-corrected chi connectivity index (χ4v) is 3.65. The van der Waals surface area contributed by atoms with Crippen LogP contribution < -0.4 is 10.1 Å². The third-order valence-corrected chi connectivity index (χ3v) is 5.37. The van der Waals surface area contributed by atoms with Crippen LogP contribution in [0.4, 0.5) is 5.69 Å². The van der Waals surface area contributed by atoms with Gasteiger partial charge in [-0.15, -0.1) is 0 Å². The van der Waals surface area contributed by atoms with Crippen molar-refractivity contribution in [3.05, 3.63) is 107 Å². The Hall–Kier alpha value is -2.97. The lowest BCUT2D eigenvalue weighted by molar-refractivity contribution is 0.305. The number of anilines is 1. The zero-order valence-corrected chi connectivity index (χ0v) is 17.2. The third-order valence-electron chi connectivity index (χ3n) is 5.13. The van der Waals surface area contributed by atoms with Crippen molar-refractivity contribution in [3.8, 4) is 5.75 Å². The molecule has 0 saturated heterocycles. The maximum atomic E-state index is 6.25. The van der Waals surface area contributed by atoms with Gasteiger partial charge in [0, 0.05) is 22.8 Å². The normalized spacial score (nSPS) is 10.8. The molecule has 0 radical (unpaired) electrons. The SMILES string of the molecule is CCc1ccc(NCc2cc(Cl)ccc2OCc2cccc3ccccc23)cc1. The molecule has 146 valence electrons. The largest absolute Gasteiger partial charge is 0.489 e. The van der Waals surface area contributed by atoms with Crippen molar-refractivity contribution in [1.29, 1.82) is 0 Å². The van der Waals surface area contributed by atoms with Crippen molar-refractivity contribution in [2.45, 2.75) is 26.5 Å². The highest BCUT2D eigenvalue weighted by molar-refractivity contribution is 6.30. The van der Waals surface area contributed by atoms with Gasteiger partial charge in [0.15, 0.2) is 0 Å². The number of halogens is 1. The molecule has 29 heavy (non-hydrogen) atoms. The molecule has 0 aliphatic heterocycles. The van der Waals surface area contributed by atoms with Crippen LogP contribution in [0, 0.1) is 0 Å². The van der Waals surface area contributed by atoms with Gasteiger partial charge < -0.3 is 10.1 Å². The molecular formula is C26H24ClNO. The lowest BCUT2D eigenvalue weighted by atomic mass is 10.1. The molecule has 0 heterocycles. The van der Waals surface area contributed by atoms with Crippen LogP contribution in [0.3, 0.4) is 0 Å². The predicted octanol–water partition coefficient (Wildman–Crippen LogP) is 7.25. The summed E-state index contributed by atoms with van der Waals surface area (Å²) < 4.78 is 6.21. The molecule has 0 bridgehead atoms. The van der Waals surface area contributed by atoms with E-state index in [1.54, 1.807) is 0 Å². The maximum Gasteiger partial charge on any atom is 0.124 e. The Kier molecular flexibility index (Phi) is 6.02. The van der Waals surface area contributed by atoms with E-state index in [0.717, 1.165) is 23.4 Å². The smallest absolute Gasteiger partial charge is 0.124 e. The Morgan fingerprint density at radius 2 is 1.62 bits per heavy atom. The number of ether oxygens (including phenoxy) is 1. The fourth-order valence-electron chi connectivity index (χ4n) is 3.46. The Morgan fingerprint density at radius 3 is 2.45 bits per heavy atom. The summed E-state index contributed by atoms with van der Waals surface area (Å²) in [6.45, 7) is 3.33. The number of rotatable bonds is 7. The number of benzene rings is 4. The van der Waals surface area contributed by atoms with Crippen LogP contribution in [-0.2, 0) is 19.6 Å². The van der Waals surface area contributed by atoms with Crippen molar-refractivity contribution in [3.63, 3.8) is 0 Å². The second-order valence-electron chi connectivity index (χ2n) is 7.08. The van der Waals surface area contributed by atoms with Gasteiger partial charge in [-0.1, -0.05) is 73.1 Å². The monoisotopic (exact) mass is 401 g/mol. The van der Waals surface area contributed by atoms with Gasteiger partial charge in [-0.3, -0.25) is 0 Å². The highest BCUT2D eigenvalue weighted by Gasteiger charge is 2.07. The first-order valence-electron chi connectivity index (χ1n) is 9.93. The van der Waals surface area contributed by atoms with Gasteiger partial charge in [0.2, 0.25) is 0 Å². The molecule has 4 aromatic rings. The second-order valence-corrected chi connectivity index (χ2v) is 7.52. The molecule has 0 aliphatic rings. The molecule has 0 fully saturated rings. The van der Waals surface area contributed by atoms with Gasteiger partial charge in [-0.25, -0.2) is 0 Å². The number of hydrogen-bond donors (Lipinski definition) is 1. The Balaban J connectivity index is 1.50. The molecule has 4 aromatic carbocycles. The number of aryl methyl sites for hydroxylation is 1. The summed E-state index contributed by atoms with van der Waals surface area (Å²) in [5, 5.41) is 6.62. The van der Waals surface area contributed by atoms with Crippen LogP contribution in [0.5, 0.6) is 5.75 Å². The van der Waals surface area contributed by atoms with Gasteiger partial charge in [0.25, 0.3) is 0 Å². The molecule has 1 N–H and O–H groups in total. The van der Waals surface area contributed by atoms with Gasteiger partial charge in [0.05, 0.1) is 0 Å². The molecular weight excluding hydrogens is 378 g/mol. The molecule has 0 saturated carbocycles. The minimum atomic E-state index is 0.515. The Bertz CT molecular complexity index is 1100. The van der Waals surface area contributed by atoms with E-state index in [4.69, 9.17) is 16.3 Å². The molecule has 3 heteroatoms. The molecule has 0 amide bonds. The molecule has 0 atom stereocenters. The van der Waals surface area contributed by atoms with Gasteiger partial charge >= 0.3 is 0 Å². The van der Waals surface area contributed by atoms with Crippen molar-refractivity contribution >= 4 is 28.1 Å². The molecule has 2 nitrogen and oxygen atoms in total. The van der Waals surface area contributed by atoms with Crippen LogP contribution >= 0.6 is 11.6 Å². The third kappa shape index (κ3) is 4.72. The van der Waals surface area contributed by atoms with Crippen molar-refractivity contribution in [1.82, 2.24) is 0 Å². The van der Waals surface area contributed by atoms with Gasteiger partial charge in [-0.2, -0.15) is 0 Å². The van der Waals surface area contributed by atoms with E-state index in [-0.39, 0.29) is 0 Å². The average molecular weight is 402 g/mol. The number of fused-ring (bicyclic) bond motifs is 1. The fraction of sp³-hybridized carbons (Fsp3) is 0.154. The van der Waals surface area contributed by atoms with Crippen LogP contribution in [0.1, 0.15) is 23.6 Å². The van der Waals surface area contributed by atoms with Crippen molar-refractivity contribution in [2.75, 3.05) is 5.32 Å². The molecule has 0 spiro atoms. The van der Waals surface area contributed by atoms with E-state index >= 15 is 0 Å². The summed E-state index contributed by atoms with van der Waals surface area (Å²) in [6, 6.07) is 29.0. The highest BCUT2D eigenvalue weighted by Crippen LogP contribution is 2.26. The van der Waals surface area contributed by atoms with E-state index in [9.17, 15) is 0 Å². The van der Waals surface area contributed by atoms with Gasteiger partial charge in [0.1, 0.15) is 12.4 Å². The van der Waals surface area contributed by atoms with E-state index < -0.39 is 0 Å². The Labute approximate surface area is 177 Å². The van der Waals surface area contributed by atoms with Crippen LogP contribution in [-0.4, -0.2) is 0 Å². The molecule has 0 aromatic heterocycles. The van der Waals surface area contributed by atoms with Crippen LogP contribution in [0.15, 0.2) is 84.9 Å². The summed E-state index contributed by atoms with van der Waals surface area (Å²) in [5.74, 6) is 0.847. The number of hydrogen-bond acceptors (Lipinski definition) is 2. The standard InChI is InChI=1S/C26H24ClNO/c1-2-19-10-13-24(14-11-19)28-17-22-16-23(27)12-15-26(22)29-18-21-8-5-7-20-6-3-4-9-25(20)21/h3-16,28H,2,17-18H2,1H3. The van der Waals surface area contributed by atoms with E-state index in [1.807, 2.05) is 18.2 Å². The zero-order valence-electron chi connectivity index (χ0n) is 16.5. The van der Waals surface area contributed by atoms with Crippen molar-refractivity contribution < 1.29 is 4.74 Å². The van der Waals surface area contributed by atoms with E-state index in [1.165, 1.54) is 21.9 Å². The van der Waals surface area contributed by atoms with Gasteiger partial charge in [-0.05, 0) is 58.7 Å². The zero-order chi connectivity index (χ0) is 20.1. The molecule has 0 aliphatic carbocycles. The second kappa shape index (κ2) is 9.02. The lowest BCUT2D eigenvalue weighted by Gasteiger charge is -2.15. The minimum Gasteiger partial charge on any atom is -0.489 e. The first-order valence-corrected chi connectivity index (χ1v) is 10.3. The van der Waals surface area contributed by atoms with Crippen LogP contribution in [0.25, 0.3) is 10.8 Å².